The molecule has 0 aromatic heterocycles. The molecule has 0 radical (unpaired) electrons. The Labute approximate surface area is 109 Å². The number of halogens is 1. The van der Waals surface area contributed by atoms with E-state index in [4.69, 9.17) is 5.73 Å². The fourth-order valence-electron chi connectivity index (χ4n) is 2.40. The minimum atomic E-state index is -0.141. The van der Waals surface area contributed by atoms with Gasteiger partial charge in [0.2, 0.25) is 0 Å². The zero-order chi connectivity index (χ0) is 13.3. The SMILES string of the molecule is CC(C)CN(c1c(F)cccc1[C@H](C)N)C1CC1. The van der Waals surface area contributed by atoms with Gasteiger partial charge in [-0.05, 0) is 37.3 Å². The first-order chi connectivity index (χ1) is 8.50. The molecule has 1 fully saturated rings. The highest BCUT2D eigenvalue weighted by atomic mass is 19.1. The Morgan fingerprint density at radius 2 is 2.00 bits per heavy atom. The molecule has 0 bridgehead atoms. The van der Waals surface area contributed by atoms with Crippen molar-refractivity contribution >= 4 is 5.69 Å². The van der Waals surface area contributed by atoms with Crippen molar-refractivity contribution in [3.8, 4) is 0 Å². The molecule has 0 spiro atoms. The van der Waals surface area contributed by atoms with E-state index in [2.05, 4.69) is 18.7 Å². The standard InChI is InChI=1S/C15H23FN2/c1-10(2)9-18(12-7-8-12)15-13(11(3)17)5-4-6-14(15)16/h4-6,10-12H,7-9,17H2,1-3H3/t11-/m0/s1. The number of hydrogen-bond donors (Lipinski definition) is 1. The smallest absolute Gasteiger partial charge is 0.146 e. The maximum atomic E-state index is 14.2. The molecule has 2 nitrogen and oxygen atoms in total. The Morgan fingerprint density at radius 1 is 1.33 bits per heavy atom. The van der Waals surface area contributed by atoms with Gasteiger partial charge in [-0.1, -0.05) is 26.0 Å². The Morgan fingerprint density at radius 3 is 2.50 bits per heavy atom. The molecular formula is C15H23FN2. The van der Waals surface area contributed by atoms with E-state index in [0.29, 0.717) is 12.0 Å². The van der Waals surface area contributed by atoms with Crippen molar-refractivity contribution in [3.63, 3.8) is 0 Å². The van der Waals surface area contributed by atoms with Gasteiger partial charge >= 0.3 is 0 Å². The summed E-state index contributed by atoms with van der Waals surface area (Å²) in [6, 6.07) is 5.60. The lowest BCUT2D eigenvalue weighted by molar-refractivity contribution is 0.572. The van der Waals surface area contributed by atoms with Crippen LogP contribution in [0.1, 0.15) is 45.2 Å². The second-order valence-electron chi connectivity index (χ2n) is 5.74. The predicted octanol–water partition coefficient (Wildman–Crippen LogP) is 3.47. The Bertz CT molecular complexity index is 411. The van der Waals surface area contributed by atoms with Crippen molar-refractivity contribution in [2.24, 2.45) is 11.7 Å². The van der Waals surface area contributed by atoms with E-state index >= 15 is 0 Å². The lowest BCUT2D eigenvalue weighted by atomic mass is 10.0. The van der Waals surface area contributed by atoms with E-state index in [1.54, 1.807) is 6.07 Å². The molecule has 1 atom stereocenters. The van der Waals surface area contributed by atoms with E-state index in [-0.39, 0.29) is 11.9 Å². The average molecular weight is 250 g/mol. The van der Waals surface area contributed by atoms with Crippen molar-refractivity contribution in [2.75, 3.05) is 11.4 Å². The van der Waals surface area contributed by atoms with E-state index in [0.717, 1.165) is 17.8 Å². The fourth-order valence-corrected chi connectivity index (χ4v) is 2.40. The van der Waals surface area contributed by atoms with Crippen LogP contribution in [0.5, 0.6) is 0 Å². The Hall–Kier alpha value is -1.09. The lowest BCUT2D eigenvalue weighted by Gasteiger charge is -2.30. The van der Waals surface area contributed by atoms with Crippen molar-refractivity contribution in [2.45, 2.75) is 45.7 Å². The highest BCUT2D eigenvalue weighted by molar-refractivity contribution is 5.57. The van der Waals surface area contributed by atoms with Crippen LogP contribution in [0.4, 0.5) is 10.1 Å². The minimum Gasteiger partial charge on any atom is -0.366 e. The van der Waals surface area contributed by atoms with Crippen LogP contribution >= 0.6 is 0 Å². The molecule has 1 aliphatic rings. The number of benzene rings is 1. The van der Waals surface area contributed by atoms with Crippen molar-refractivity contribution in [1.29, 1.82) is 0 Å². The molecule has 0 saturated heterocycles. The maximum absolute atomic E-state index is 14.2. The summed E-state index contributed by atoms with van der Waals surface area (Å²) in [4.78, 5) is 2.22. The predicted molar refractivity (Wildman–Crippen MR) is 74.2 cm³/mol. The van der Waals surface area contributed by atoms with E-state index < -0.39 is 0 Å². The van der Waals surface area contributed by atoms with Crippen LogP contribution in [0.25, 0.3) is 0 Å². The fraction of sp³-hybridized carbons (Fsp3) is 0.600. The largest absolute Gasteiger partial charge is 0.366 e. The Balaban J connectivity index is 2.39. The summed E-state index contributed by atoms with van der Waals surface area (Å²) in [6.07, 6.45) is 2.33. The molecule has 3 heteroatoms. The lowest BCUT2D eigenvalue weighted by Crippen LogP contribution is -2.32. The van der Waals surface area contributed by atoms with Crippen LogP contribution in [0.2, 0.25) is 0 Å². The average Bonchev–Trinajstić information content (AvgIpc) is 3.09. The first-order valence-corrected chi connectivity index (χ1v) is 6.81. The van der Waals surface area contributed by atoms with E-state index in [1.165, 1.54) is 18.9 Å². The van der Waals surface area contributed by atoms with Gasteiger partial charge in [-0.15, -0.1) is 0 Å². The number of para-hydroxylation sites is 1. The molecule has 2 N–H and O–H groups in total. The quantitative estimate of drug-likeness (QED) is 0.867. The number of nitrogens with zero attached hydrogens (tertiary/aromatic N) is 1. The zero-order valence-corrected chi connectivity index (χ0v) is 11.5. The first kappa shape index (κ1) is 13.3. The zero-order valence-electron chi connectivity index (χ0n) is 11.5. The highest BCUT2D eigenvalue weighted by Crippen LogP contribution is 2.37. The van der Waals surface area contributed by atoms with Crippen LogP contribution in [0.15, 0.2) is 18.2 Å². The van der Waals surface area contributed by atoms with Gasteiger partial charge in [0.1, 0.15) is 5.82 Å². The van der Waals surface area contributed by atoms with Crippen LogP contribution in [-0.4, -0.2) is 12.6 Å². The van der Waals surface area contributed by atoms with Crippen LogP contribution < -0.4 is 10.6 Å². The molecule has 1 aromatic carbocycles. The summed E-state index contributed by atoms with van der Waals surface area (Å²) in [5, 5.41) is 0. The molecule has 1 saturated carbocycles. The van der Waals surface area contributed by atoms with Crippen molar-refractivity contribution in [1.82, 2.24) is 0 Å². The highest BCUT2D eigenvalue weighted by Gasteiger charge is 2.32. The molecule has 1 aromatic rings. The van der Waals surface area contributed by atoms with Gasteiger partial charge in [0.15, 0.2) is 0 Å². The molecule has 2 rings (SSSR count). The van der Waals surface area contributed by atoms with Gasteiger partial charge in [0, 0.05) is 18.6 Å². The normalized spacial score (nSPS) is 17.0. The molecule has 1 aliphatic carbocycles. The van der Waals surface area contributed by atoms with Gasteiger partial charge in [-0.25, -0.2) is 4.39 Å². The van der Waals surface area contributed by atoms with Crippen LogP contribution in [0, 0.1) is 11.7 Å². The van der Waals surface area contributed by atoms with Crippen LogP contribution in [0.3, 0.4) is 0 Å². The third-order valence-electron chi connectivity index (χ3n) is 3.35. The summed E-state index contributed by atoms with van der Waals surface area (Å²) in [5.41, 5.74) is 7.62. The second kappa shape index (κ2) is 5.27. The van der Waals surface area contributed by atoms with E-state index in [9.17, 15) is 4.39 Å². The number of rotatable bonds is 5. The topological polar surface area (TPSA) is 29.3 Å². The van der Waals surface area contributed by atoms with Gasteiger partial charge in [0.25, 0.3) is 0 Å². The third kappa shape index (κ3) is 2.83. The Kier molecular flexibility index (Phi) is 3.91. The maximum Gasteiger partial charge on any atom is 0.146 e. The second-order valence-corrected chi connectivity index (χ2v) is 5.74. The third-order valence-corrected chi connectivity index (χ3v) is 3.35. The van der Waals surface area contributed by atoms with Gasteiger partial charge < -0.3 is 10.6 Å². The number of anilines is 1. The summed E-state index contributed by atoms with van der Waals surface area (Å²) in [6.45, 7) is 7.15. The monoisotopic (exact) mass is 250 g/mol. The van der Waals surface area contributed by atoms with Gasteiger partial charge in [0.05, 0.1) is 5.69 Å². The molecule has 100 valence electrons. The number of nitrogens with two attached hydrogens (primary N) is 1. The summed E-state index contributed by atoms with van der Waals surface area (Å²) < 4.78 is 14.2. The van der Waals surface area contributed by atoms with Crippen molar-refractivity contribution < 1.29 is 4.39 Å². The van der Waals surface area contributed by atoms with Gasteiger partial charge in [-0.2, -0.15) is 0 Å². The molecule has 18 heavy (non-hydrogen) atoms. The van der Waals surface area contributed by atoms with Crippen molar-refractivity contribution in [3.05, 3.63) is 29.6 Å². The van der Waals surface area contributed by atoms with Gasteiger partial charge in [-0.3, -0.25) is 0 Å². The summed E-state index contributed by atoms with van der Waals surface area (Å²) in [5.74, 6) is 0.378. The molecule has 0 unspecified atom stereocenters. The molecule has 0 aliphatic heterocycles. The van der Waals surface area contributed by atoms with Crippen LogP contribution in [-0.2, 0) is 0 Å². The molecule has 0 heterocycles. The molecular weight excluding hydrogens is 227 g/mol. The van der Waals surface area contributed by atoms with E-state index in [1.807, 2.05) is 13.0 Å². The summed E-state index contributed by atoms with van der Waals surface area (Å²) in [7, 11) is 0. The molecule has 0 amide bonds. The summed E-state index contributed by atoms with van der Waals surface area (Å²) >= 11 is 0. The number of hydrogen-bond acceptors (Lipinski definition) is 2. The first-order valence-electron chi connectivity index (χ1n) is 6.81. The minimum absolute atomic E-state index is 0.135.